The molecule has 0 unspecified atom stereocenters. The Bertz CT molecular complexity index is 576. The van der Waals surface area contributed by atoms with Gasteiger partial charge >= 0.3 is 6.61 Å². The van der Waals surface area contributed by atoms with Gasteiger partial charge in [-0.25, -0.2) is 8.78 Å². The van der Waals surface area contributed by atoms with E-state index in [4.69, 9.17) is 11.1 Å². The molecule has 2 fully saturated rings. The zero-order chi connectivity index (χ0) is 18.0. The molecule has 7 heteroatoms. The van der Waals surface area contributed by atoms with Crippen LogP contribution in [0.3, 0.4) is 0 Å². The lowest BCUT2D eigenvalue weighted by atomic mass is 9.60. The van der Waals surface area contributed by atoms with E-state index in [2.05, 4.69) is 4.74 Å². The van der Waals surface area contributed by atoms with E-state index in [1.165, 1.54) is 12.1 Å². The fourth-order valence-corrected chi connectivity index (χ4v) is 7.34. The van der Waals surface area contributed by atoms with E-state index >= 15 is 0 Å². The van der Waals surface area contributed by atoms with Gasteiger partial charge in [0.05, 0.1) is 0 Å². The van der Waals surface area contributed by atoms with Crippen LogP contribution in [0.1, 0.15) is 50.5 Å². The van der Waals surface area contributed by atoms with Gasteiger partial charge in [0.2, 0.25) is 0 Å². The van der Waals surface area contributed by atoms with Crippen molar-refractivity contribution >= 4 is 19.2 Å². The summed E-state index contributed by atoms with van der Waals surface area (Å²) in [5.74, 6) is -2.71. The van der Waals surface area contributed by atoms with Crippen LogP contribution in [0.5, 0.6) is 5.75 Å². The van der Waals surface area contributed by atoms with Crippen LogP contribution in [0.2, 0.25) is 12.1 Å². The summed E-state index contributed by atoms with van der Waals surface area (Å²) < 4.78 is 57.4. The third-order valence-corrected chi connectivity index (χ3v) is 9.19. The Kier molecular flexibility index (Phi) is 5.98. The van der Waals surface area contributed by atoms with Crippen LogP contribution in [0.25, 0.3) is 0 Å². The molecule has 1 nitrogen and oxygen atoms in total. The SMILES string of the molecule is Fc1cc(C2(C3CC[SiH](Cl)CC3)CCCCC2)cc(F)c1OC(F)F. The van der Waals surface area contributed by atoms with Crippen molar-refractivity contribution in [3.63, 3.8) is 0 Å². The quantitative estimate of drug-likeness (QED) is 0.338. The van der Waals surface area contributed by atoms with Crippen molar-refractivity contribution in [3.8, 4) is 5.75 Å². The molecule has 25 heavy (non-hydrogen) atoms. The zero-order valence-corrected chi connectivity index (χ0v) is 16.0. The van der Waals surface area contributed by atoms with E-state index in [0.717, 1.165) is 57.0 Å². The molecule has 1 aliphatic heterocycles. The Labute approximate surface area is 152 Å². The minimum absolute atomic E-state index is 0.269. The van der Waals surface area contributed by atoms with Crippen molar-refractivity contribution in [2.75, 3.05) is 0 Å². The van der Waals surface area contributed by atoms with E-state index in [1.54, 1.807) is 0 Å². The van der Waals surface area contributed by atoms with Crippen molar-refractivity contribution < 1.29 is 22.3 Å². The molecule has 1 aliphatic carbocycles. The highest BCUT2D eigenvalue weighted by atomic mass is 35.6. The van der Waals surface area contributed by atoms with Crippen molar-refractivity contribution in [3.05, 3.63) is 29.3 Å². The molecular formula is C18H23ClF4OSi. The smallest absolute Gasteiger partial charge is 0.387 e. The maximum Gasteiger partial charge on any atom is 0.387 e. The lowest BCUT2D eigenvalue weighted by Gasteiger charge is -2.46. The van der Waals surface area contributed by atoms with Crippen LogP contribution < -0.4 is 4.74 Å². The highest BCUT2D eigenvalue weighted by Gasteiger charge is 2.43. The Morgan fingerprint density at radius 2 is 1.60 bits per heavy atom. The monoisotopic (exact) mass is 394 g/mol. The number of ether oxygens (including phenoxy) is 1. The van der Waals surface area contributed by atoms with Gasteiger partial charge in [-0.05, 0) is 54.0 Å². The number of rotatable bonds is 4. The number of alkyl halides is 2. The van der Waals surface area contributed by atoms with Gasteiger partial charge in [0.25, 0.3) is 0 Å². The largest absolute Gasteiger partial charge is 0.429 e. The van der Waals surface area contributed by atoms with Crippen molar-refractivity contribution in [2.45, 2.75) is 69.1 Å². The first kappa shape index (κ1) is 19.0. The van der Waals surface area contributed by atoms with Gasteiger partial charge in [-0.3, -0.25) is 0 Å². The Morgan fingerprint density at radius 1 is 1.04 bits per heavy atom. The molecule has 1 aromatic rings. The van der Waals surface area contributed by atoms with Gasteiger partial charge < -0.3 is 4.74 Å². The Hall–Kier alpha value is -0.753. The van der Waals surface area contributed by atoms with Crippen molar-refractivity contribution in [2.24, 2.45) is 5.92 Å². The van der Waals surface area contributed by atoms with Crippen LogP contribution in [0.15, 0.2) is 12.1 Å². The lowest BCUT2D eigenvalue weighted by Crippen LogP contribution is -2.40. The third-order valence-electron chi connectivity index (χ3n) is 5.96. The second-order valence-corrected chi connectivity index (χ2v) is 11.5. The standard InChI is InChI=1S/C18H23ClF4OSi/c19-25-8-4-12(5-9-25)18(6-2-1-3-7-18)13-10-14(20)16(15(21)11-13)24-17(22)23/h10-12,17,25H,1-9H2. The highest BCUT2D eigenvalue weighted by molar-refractivity contribution is 7.07. The lowest BCUT2D eigenvalue weighted by molar-refractivity contribution is -0.0547. The molecule has 3 rings (SSSR count). The molecule has 1 heterocycles. The molecule has 1 saturated carbocycles. The van der Waals surface area contributed by atoms with Gasteiger partial charge in [0.15, 0.2) is 17.4 Å². The first-order valence-electron chi connectivity index (χ1n) is 9.01. The topological polar surface area (TPSA) is 9.23 Å². The minimum atomic E-state index is -3.25. The van der Waals surface area contributed by atoms with Crippen LogP contribution >= 0.6 is 11.1 Å². The average molecular weight is 395 g/mol. The first-order valence-corrected chi connectivity index (χ1v) is 12.4. The molecule has 140 valence electrons. The van der Waals surface area contributed by atoms with E-state index in [-0.39, 0.29) is 5.41 Å². The second kappa shape index (κ2) is 7.87. The summed E-state index contributed by atoms with van der Waals surface area (Å²) >= 11 is 6.36. The highest BCUT2D eigenvalue weighted by Crippen LogP contribution is 2.51. The summed E-state index contributed by atoms with van der Waals surface area (Å²) in [7, 11) is -1.14. The second-order valence-electron chi connectivity index (χ2n) is 7.31. The molecule has 0 radical (unpaired) electrons. The zero-order valence-electron chi connectivity index (χ0n) is 14.0. The maximum atomic E-state index is 14.3. The molecule has 0 N–H and O–H groups in total. The molecule has 2 aliphatic rings. The normalized spacial score (nSPS) is 26.6. The molecule has 0 bridgehead atoms. The van der Waals surface area contributed by atoms with E-state index < -0.39 is 32.1 Å². The average Bonchev–Trinajstić information content (AvgIpc) is 2.59. The summed E-state index contributed by atoms with van der Waals surface area (Å²) in [6, 6.07) is 4.53. The number of benzene rings is 1. The van der Waals surface area contributed by atoms with Crippen LogP contribution in [-0.4, -0.2) is 14.7 Å². The summed E-state index contributed by atoms with van der Waals surface area (Å²) in [5, 5.41) is 0. The van der Waals surface area contributed by atoms with Gasteiger partial charge in [0.1, 0.15) is 8.11 Å². The van der Waals surface area contributed by atoms with Crippen LogP contribution in [0, 0.1) is 17.6 Å². The number of hydrogen-bond donors (Lipinski definition) is 0. The van der Waals surface area contributed by atoms with Crippen molar-refractivity contribution in [1.82, 2.24) is 0 Å². The number of hydrogen-bond acceptors (Lipinski definition) is 1. The summed E-state index contributed by atoms with van der Waals surface area (Å²) in [6.07, 6.45) is 6.95. The van der Waals surface area contributed by atoms with Gasteiger partial charge in [-0.2, -0.15) is 19.9 Å². The van der Waals surface area contributed by atoms with Gasteiger partial charge in [0, 0.05) is 0 Å². The molecular weight excluding hydrogens is 372 g/mol. The van der Waals surface area contributed by atoms with E-state index in [9.17, 15) is 17.6 Å². The summed E-state index contributed by atoms with van der Waals surface area (Å²) in [4.78, 5) is 0. The predicted octanol–water partition coefficient (Wildman–Crippen LogP) is 6.14. The fraction of sp³-hybridized carbons (Fsp3) is 0.667. The summed E-state index contributed by atoms with van der Waals surface area (Å²) in [5.41, 5.74) is 0.331. The summed E-state index contributed by atoms with van der Waals surface area (Å²) in [6.45, 7) is -3.25. The molecule has 0 aromatic heterocycles. The first-order chi connectivity index (χ1) is 11.9. The van der Waals surface area contributed by atoms with Crippen LogP contribution in [-0.2, 0) is 5.41 Å². The molecule has 0 amide bonds. The minimum Gasteiger partial charge on any atom is -0.429 e. The van der Waals surface area contributed by atoms with Crippen molar-refractivity contribution in [1.29, 1.82) is 0 Å². The predicted molar refractivity (Wildman–Crippen MR) is 93.1 cm³/mol. The third kappa shape index (κ3) is 4.00. The maximum absolute atomic E-state index is 14.3. The molecule has 0 atom stereocenters. The molecule has 1 aromatic carbocycles. The molecule has 0 spiro atoms. The Morgan fingerprint density at radius 3 is 2.12 bits per heavy atom. The van der Waals surface area contributed by atoms with E-state index in [0.29, 0.717) is 11.5 Å². The molecule has 1 saturated heterocycles. The van der Waals surface area contributed by atoms with Gasteiger partial charge in [-0.1, -0.05) is 32.1 Å². The fourth-order valence-electron chi connectivity index (χ4n) is 4.77. The number of halogens is 5. The van der Waals surface area contributed by atoms with Gasteiger partial charge in [-0.15, -0.1) is 0 Å². The van der Waals surface area contributed by atoms with E-state index in [1.807, 2.05) is 0 Å². The van der Waals surface area contributed by atoms with Crippen LogP contribution in [0.4, 0.5) is 17.6 Å². The Balaban J connectivity index is 1.96.